The molecule has 0 aromatic heterocycles. The van der Waals surface area contributed by atoms with Crippen LogP contribution in [0.5, 0.6) is 0 Å². The van der Waals surface area contributed by atoms with Gasteiger partial charge in [-0.1, -0.05) is 37.7 Å². The third kappa shape index (κ3) is 3.98. The van der Waals surface area contributed by atoms with E-state index in [1.807, 2.05) is 6.07 Å². The number of non-ortho nitro benzene ring substituents is 1. The zero-order valence-electron chi connectivity index (χ0n) is 12.3. The molecule has 0 saturated heterocycles. The number of hydrogen-bond acceptors (Lipinski definition) is 4. The second-order valence-corrected chi connectivity index (χ2v) is 6.20. The molecule has 5 heteroatoms. The van der Waals surface area contributed by atoms with Crippen LogP contribution in [0.15, 0.2) is 52.3 Å². The number of anilines is 1. The molecule has 2 rings (SSSR count). The van der Waals surface area contributed by atoms with Crippen molar-refractivity contribution < 1.29 is 4.92 Å². The highest BCUT2D eigenvalue weighted by atomic mass is 32.2. The maximum Gasteiger partial charge on any atom is 0.272 e. The molecule has 0 spiro atoms. The molecule has 0 saturated carbocycles. The predicted octanol–water partition coefficient (Wildman–Crippen LogP) is 4.91. The number of nitro benzene ring substituents is 1. The molecule has 21 heavy (non-hydrogen) atoms. The molecule has 4 nitrogen and oxygen atoms in total. The summed E-state index contributed by atoms with van der Waals surface area (Å²) in [5.41, 5.74) is 2.13. The molecule has 0 aliphatic carbocycles. The summed E-state index contributed by atoms with van der Waals surface area (Å²) in [6, 6.07) is 13.4. The van der Waals surface area contributed by atoms with Gasteiger partial charge in [-0.15, -0.1) is 0 Å². The summed E-state index contributed by atoms with van der Waals surface area (Å²) in [4.78, 5) is 12.5. The van der Waals surface area contributed by atoms with Crippen LogP contribution in [0, 0.1) is 10.1 Å². The predicted molar refractivity (Wildman–Crippen MR) is 87.3 cm³/mol. The van der Waals surface area contributed by atoms with Gasteiger partial charge in [0.25, 0.3) is 5.69 Å². The molecule has 0 heterocycles. The standard InChI is InChI=1S/C16H18N2O2S/c1-11(2)12-4-6-15(7-5-12)21-16-9-13(17-3)8-14(10-16)18(19)20/h4-11,17H,1-3H3. The number of benzene rings is 2. The van der Waals surface area contributed by atoms with E-state index >= 15 is 0 Å². The third-order valence-corrected chi connectivity index (χ3v) is 4.15. The largest absolute Gasteiger partial charge is 0.388 e. The number of rotatable bonds is 5. The van der Waals surface area contributed by atoms with Crippen LogP contribution in [0.25, 0.3) is 0 Å². The first-order valence-electron chi connectivity index (χ1n) is 6.74. The molecule has 2 aromatic carbocycles. The highest BCUT2D eigenvalue weighted by Crippen LogP contribution is 2.33. The van der Waals surface area contributed by atoms with Crippen LogP contribution in [-0.4, -0.2) is 12.0 Å². The lowest BCUT2D eigenvalue weighted by Gasteiger charge is -2.08. The Bertz CT molecular complexity index is 639. The quantitative estimate of drug-likeness (QED) is 0.629. The van der Waals surface area contributed by atoms with Gasteiger partial charge in [-0.2, -0.15) is 0 Å². The van der Waals surface area contributed by atoms with Crippen molar-refractivity contribution in [1.29, 1.82) is 0 Å². The van der Waals surface area contributed by atoms with Crippen LogP contribution in [0.1, 0.15) is 25.3 Å². The van der Waals surface area contributed by atoms with Crippen LogP contribution in [0.3, 0.4) is 0 Å². The van der Waals surface area contributed by atoms with Crippen LogP contribution < -0.4 is 5.32 Å². The van der Waals surface area contributed by atoms with E-state index in [0.717, 1.165) is 15.5 Å². The van der Waals surface area contributed by atoms with Gasteiger partial charge in [0.1, 0.15) is 0 Å². The first-order valence-corrected chi connectivity index (χ1v) is 7.56. The highest BCUT2D eigenvalue weighted by molar-refractivity contribution is 7.99. The van der Waals surface area contributed by atoms with Gasteiger partial charge in [0.2, 0.25) is 0 Å². The number of nitrogens with zero attached hydrogens (tertiary/aromatic N) is 1. The van der Waals surface area contributed by atoms with Gasteiger partial charge < -0.3 is 5.32 Å². The summed E-state index contributed by atoms with van der Waals surface area (Å²) < 4.78 is 0. The fourth-order valence-corrected chi connectivity index (χ4v) is 2.86. The van der Waals surface area contributed by atoms with E-state index in [4.69, 9.17) is 0 Å². The van der Waals surface area contributed by atoms with E-state index in [1.54, 1.807) is 13.1 Å². The van der Waals surface area contributed by atoms with Crippen LogP contribution in [-0.2, 0) is 0 Å². The number of nitrogens with one attached hydrogen (secondary N) is 1. The van der Waals surface area contributed by atoms with Crippen molar-refractivity contribution in [2.24, 2.45) is 0 Å². The normalized spacial score (nSPS) is 10.7. The van der Waals surface area contributed by atoms with Gasteiger partial charge in [-0.05, 0) is 29.7 Å². The summed E-state index contributed by atoms with van der Waals surface area (Å²) in [6.45, 7) is 4.31. The van der Waals surface area contributed by atoms with E-state index in [-0.39, 0.29) is 10.6 Å². The average molecular weight is 302 g/mol. The molecule has 2 aromatic rings. The Morgan fingerprint density at radius 2 is 1.76 bits per heavy atom. The maximum atomic E-state index is 11.0. The topological polar surface area (TPSA) is 55.2 Å². The molecular weight excluding hydrogens is 284 g/mol. The molecule has 0 amide bonds. The SMILES string of the molecule is CNc1cc(Sc2ccc(C(C)C)cc2)cc([N+](=O)[O-])c1. The van der Waals surface area contributed by atoms with Crippen molar-refractivity contribution in [2.75, 3.05) is 12.4 Å². The highest BCUT2D eigenvalue weighted by Gasteiger charge is 2.10. The van der Waals surface area contributed by atoms with Gasteiger partial charge in [0, 0.05) is 34.7 Å². The van der Waals surface area contributed by atoms with Crippen molar-refractivity contribution in [2.45, 2.75) is 29.6 Å². The Balaban J connectivity index is 2.26. The monoisotopic (exact) mass is 302 g/mol. The fraction of sp³-hybridized carbons (Fsp3) is 0.250. The fourth-order valence-electron chi connectivity index (χ4n) is 1.95. The maximum absolute atomic E-state index is 11.0. The first kappa shape index (κ1) is 15.4. The molecule has 0 atom stereocenters. The second-order valence-electron chi connectivity index (χ2n) is 5.05. The summed E-state index contributed by atoms with van der Waals surface area (Å²) in [5, 5.41) is 13.9. The molecule has 0 bridgehead atoms. The lowest BCUT2D eigenvalue weighted by molar-refractivity contribution is -0.385. The average Bonchev–Trinajstić information content (AvgIpc) is 2.47. The molecule has 0 fully saturated rings. The third-order valence-electron chi connectivity index (χ3n) is 3.17. The lowest BCUT2D eigenvalue weighted by Crippen LogP contribution is -1.93. The van der Waals surface area contributed by atoms with Crippen LogP contribution >= 0.6 is 11.8 Å². The first-order chi connectivity index (χ1) is 9.99. The molecule has 110 valence electrons. The Morgan fingerprint density at radius 1 is 1.10 bits per heavy atom. The zero-order valence-corrected chi connectivity index (χ0v) is 13.1. The molecule has 1 N–H and O–H groups in total. The molecular formula is C16H18N2O2S. The van der Waals surface area contributed by atoms with Gasteiger partial charge in [0.05, 0.1) is 4.92 Å². The molecule has 0 aliphatic heterocycles. The van der Waals surface area contributed by atoms with E-state index in [9.17, 15) is 10.1 Å². The smallest absolute Gasteiger partial charge is 0.272 e. The summed E-state index contributed by atoms with van der Waals surface area (Å²) in [5.74, 6) is 0.498. The molecule has 0 aliphatic rings. The van der Waals surface area contributed by atoms with Crippen LogP contribution in [0.2, 0.25) is 0 Å². The summed E-state index contributed by atoms with van der Waals surface area (Å²) >= 11 is 1.52. The van der Waals surface area contributed by atoms with E-state index in [2.05, 4.69) is 43.4 Å². The Morgan fingerprint density at radius 3 is 2.29 bits per heavy atom. The van der Waals surface area contributed by atoms with E-state index in [1.165, 1.54) is 23.4 Å². The zero-order chi connectivity index (χ0) is 15.4. The minimum absolute atomic E-state index is 0.100. The van der Waals surface area contributed by atoms with Crippen LogP contribution in [0.4, 0.5) is 11.4 Å². The van der Waals surface area contributed by atoms with E-state index < -0.39 is 0 Å². The minimum atomic E-state index is -0.368. The Hall–Kier alpha value is -2.01. The minimum Gasteiger partial charge on any atom is -0.388 e. The second kappa shape index (κ2) is 6.63. The van der Waals surface area contributed by atoms with Crippen molar-refractivity contribution in [3.8, 4) is 0 Å². The molecule has 0 radical (unpaired) electrons. The van der Waals surface area contributed by atoms with Crippen molar-refractivity contribution in [3.63, 3.8) is 0 Å². The van der Waals surface area contributed by atoms with Gasteiger partial charge in [0.15, 0.2) is 0 Å². The van der Waals surface area contributed by atoms with Gasteiger partial charge >= 0.3 is 0 Å². The van der Waals surface area contributed by atoms with Crippen molar-refractivity contribution in [3.05, 3.63) is 58.1 Å². The van der Waals surface area contributed by atoms with Crippen molar-refractivity contribution >= 4 is 23.1 Å². The Kier molecular flexibility index (Phi) is 4.85. The summed E-state index contributed by atoms with van der Waals surface area (Å²) in [6.07, 6.45) is 0. The van der Waals surface area contributed by atoms with Gasteiger partial charge in [-0.25, -0.2) is 0 Å². The Labute approximate surface area is 128 Å². The summed E-state index contributed by atoms with van der Waals surface area (Å²) in [7, 11) is 1.75. The van der Waals surface area contributed by atoms with Gasteiger partial charge in [-0.3, -0.25) is 10.1 Å². The number of hydrogen-bond donors (Lipinski definition) is 1. The lowest BCUT2D eigenvalue weighted by atomic mass is 10.0. The van der Waals surface area contributed by atoms with E-state index in [0.29, 0.717) is 5.92 Å². The molecule has 0 unspecified atom stereocenters. The number of nitro groups is 1. The van der Waals surface area contributed by atoms with Crippen molar-refractivity contribution in [1.82, 2.24) is 0 Å².